The number of ether oxygens (including phenoxy) is 1. The summed E-state index contributed by atoms with van der Waals surface area (Å²) in [5.41, 5.74) is 0. The molecule has 0 aromatic rings. The number of rotatable bonds is 1. The first-order valence-corrected chi connectivity index (χ1v) is 4.07. The van der Waals surface area contributed by atoms with Crippen LogP contribution in [0.1, 0.15) is 25.7 Å². The van der Waals surface area contributed by atoms with Crippen LogP contribution in [-0.2, 0) is 4.74 Å². The molecule has 0 aliphatic carbocycles. The molecule has 0 bridgehead atoms. The molecule has 1 fully saturated rings. The van der Waals surface area contributed by atoms with Crippen molar-refractivity contribution in [3.05, 3.63) is 0 Å². The summed E-state index contributed by atoms with van der Waals surface area (Å²) in [6.07, 6.45) is 6.69. The summed E-state index contributed by atoms with van der Waals surface area (Å²) in [5.74, 6) is 0. The Labute approximate surface area is 67.6 Å². The smallest absolute Gasteiger partial charge is 0.181 e. The van der Waals surface area contributed by atoms with E-state index >= 15 is 0 Å². The summed E-state index contributed by atoms with van der Waals surface area (Å²) < 4.78 is 5.18. The van der Waals surface area contributed by atoms with Crippen LogP contribution in [0.5, 0.6) is 0 Å². The van der Waals surface area contributed by atoms with Gasteiger partial charge in [0.05, 0.1) is 0 Å². The molecule has 1 heterocycles. The molecule has 1 rings (SSSR count). The molecule has 0 aromatic heterocycles. The minimum atomic E-state index is 0.0301. The largest absolute Gasteiger partial charge is 0.361 e. The van der Waals surface area contributed by atoms with Gasteiger partial charge in [-0.3, -0.25) is 4.90 Å². The SMILES string of the molecule is COC1CCCCCN1C#N. The first-order valence-electron chi connectivity index (χ1n) is 4.07. The van der Waals surface area contributed by atoms with Crippen molar-refractivity contribution >= 4 is 0 Å². The molecule has 0 radical (unpaired) electrons. The zero-order chi connectivity index (χ0) is 8.10. The lowest BCUT2D eigenvalue weighted by Crippen LogP contribution is -2.31. The fourth-order valence-corrected chi connectivity index (χ4v) is 1.44. The van der Waals surface area contributed by atoms with Crippen molar-refractivity contribution in [2.45, 2.75) is 31.9 Å². The average Bonchev–Trinajstić information content (AvgIpc) is 2.27. The molecule has 62 valence electrons. The van der Waals surface area contributed by atoms with Gasteiger partial charge in [0, 0.05) is 13.7 Å². The fourth-order valence-electron chi connectivity index (χ4n) is 1.44. The number of nitrogens with zero attached hydrogens (tertiary/aromatic N) is 2. The van der Waals surface area contributed by atoms with Crippen LogP contribution in [0.25, 0.3) is 0 Å². The van der Waals surface area contributed by atoms with Gasteiger partial charge in [-0.1, -0.05) is 6.42 Å². The van der Waals surface area contributed by atoms with Gasteiger partial charge in [-0.2, -0.15) is 5.26 Å². The number of hydrogen-bond donors (Lipinski definition) is 0. The molecule has 3 heteroatoms. The van der Waals surface area contributed by atoms with Crippen molar-refractivity contribution in [2.24, 2.45) is 0 Å². The minimum absolute atomic E-state index is 0.0301. The molecule has 0 amide bonds. The molecule has 1 aliphatic rings. The van der Waals surface area contributed by atoms with E-state index in [0.717, 1.165) is 19.4 Å². The molecule has 1 unspecified atom stereocenters. The van der Waals surface area contributed by atoms with E-state index in [-0.39, 0.29) is 6.23 Å². The second kappa shape index (κ2) is 4.20. The molecular weight excluding hydrogens is 140 g/mol. The van der Waals surface area contributed by atoms with E-state index in [1.54, 1.807) is 12.0 Å². The van der Waals surface area contributed by atoms with E-state index in [9.17, 15) is 0 Å². The van der Waals surface area contributed by atoms with Crippen molar-refractivity contribution in [3.8, 4) is 6.19 Å². The Kier molecular flexibility index (Phi) is 3.18. The highest BCUT2D eigenvalue weighted by molar-refractivity contribution is 4.79. The van der Waals surface area contributed by atoms with Crippen molar-refractivity contribution < 1.29 is 4.74 Å². The molecule has 11 heavy (non-hydrogen) atoms. The Balaban J connectivity index is 2.49. The summed E-state index contributed by atoms with van der Waals surface area (Å²) >= 11 is 0. The van der Waals surface area contributed by atoms with Crippen LogP contribution in [0, 0.1) is 11.5 Å². The monoisotopic (exact) mass is 154 g/mol. The predicted molar refractivity (Wildman–Crippen MR) is 41.6 cm³/mol. The number of likely N-dealkylation sites (tertiary alicyclic amines) is 1. The van der Waals surface area contributed by atoms with Gasteiger partial charge < -0.3 is 4.74 Å². The van der Waals surface area contributed by atoms with Crippen LogP contribution in [0.3, 0.4) is 0 Å². The summed E-state index contributed by atoms with van der Waals surface area (Å²) in [5, 5.41) is 8.71. The zero-order valence-corrected chi connectivity index (χ0v) is 6.92. The number of nitriles is 1. The third kappa shape index (κ3) is 2.09. The van der Waals surface area contributed by atoms with Gasteiger partial charge in [-0.05, 0) is 19.3 Å². The van der Waals surface area contributed by atoms with Crippen LogP contribution in [-0.4, -0.2) is 24.8 Å². The van der Waals surface area contributed by atoms with Crippen LogP contribution in [0.15, 0.2) is 0 Å². The van der Waals surface area contributed by atoms with Crippen LogP contribution < -0.4 is 0 Å². The molecule has 1 saturated heterocycles. The summed E-state index contributed by atoms with van der Waals surface area (Å²) in [6.45, 7) is 0.856. The van der Waals surface area contributed by atoms with Crippen LogP contribution in [0.2, 0.25) is 0 Å². The molecular formula is C8H14N2O. The van der Waals surface area contributed by atoms with Gasteiger partial charge in [-0.15, -0.1) is 0 Å². The maximum Gasteiger partial charge on any atom is 0.181 e. The van der Waals surface area contributed by atoms with E-state index in [4.69, 9.17) is 10.00 Å². The topological polar surface area (TPSA) is 36.3 Å². The summed E-state index contributed by atoms with van der Waals surface area (Å²) in [7, 11) is 1.67. The molecule has 0 saturated carbocycles. The minimum Gasteiger partial charge on any atom is -0.361 e. The number of hydrogen-bond acceptors (Lipinski definition) is 3. The fraction of sp³-hybridized carbons (Fsp3) is 0.875. The van der Waals surface area contributed by atoms with Crippen molar-refractivity contribution in [1.82, 2.24) is 4.90 Å². The summed E-state index contributed by atoms with van der Waals surface area (Å²) in [4.78, 5) is 1.73. The molecule has 1 atom stereocenters. The third-order valence-corrected chi connectivity index (χ3v) is 2.10. The third-order valence-electron chi connectivity index (χ3n) is 2.10. The lowest BCUT2D eigenvalue weighted by molar-refractivity contribution is -0.000295. The standard InChI is InChI=1S/C8H14N2O/c1-11-8-5-3-2-4-6-10(8)7-9/h8H,2-6H2,1H3. The normalized spacial score (nSPS) is 25.8. The maximum absolute atomic E-state index is 8.71. The molecule has 0 N–H and O–H groups in total. The Morgan fingerprint density at radius 1 is 1.45 bits per heavy atom. The quantitative estimate of drug-likeness (QED) is 0.534. The van der Waals surface area contributed by atoms with Crippen LogP contribution in [0.4, 0.5) is 0 Å². The molecule has 3 nitrogen and oxygen atoms in total. The van der Waals surface area contributed by atoms with Gasteiger partial charge in [0.2, 0.25) is 0 Å². The zero-order valence-electron chi connectivity index (χ0n) is 6.92. The Morgan fingerprint density at radius 3 is 2.91 bits per heavy atom. The molecule has 0 spiro atoms. The van der Waals surface area contributed by atoms with Gasteiger partial charge >= 0.3 is 0 Å². The van der Waals surface area contributed by atoms with Gasteiger partial charge in [0.1, 0.15) is 6.23 Å². The average molecular weight is 154 g/mol. The molecule has 1 aliphatic heterocycles. The van der Waals surface area contributed by atoms with E-state index in [1.165, 1.54) is 12.8 Å². The van der Waals surface area contributed by atoms with E-state index in [2.05, 4.69) is 6.19 Å². The van der Waals surface area contributed by atoms with E-state index in [1.807, 2.05) is 0 Å². The highest BCUT2D eigenvalue weighted by atomic mass is 16.5. The van der Waals surface area contributed by atoms with Gasteiger partial charge in [0.25, 0.3) is 0 Å². The van der Waals surface area contributed by atoms with Crippen molar-refractivity contribution in [3.63, 3.8) is 0 Å². The Morgan fingerprint density at radius 2 is 2.27 bits per heavy atom. The van der Waals surface area contributed by atoms with Crippen LogP contribution >= 0.6 is 0 Å². The Bertz CT molecular complexity index is 153. The van der Waals surface area contributed by atoms with Crippen molar-refractivity contribution in [2.75, 3.05) is 13.7 Å². The molecule has 0 aromatic carbocycles. The first-order chi connectivity index (χ1) is 5.38. The summed E-state index contributed by atoms with van der Waals surface area (Å²) in [6, 6.07) is 0. The predicted octanol–water partition coefficient (Wildman–Crippen LogP) is 1.32. The number of methoxy groups -OCH3 is 1. The highest BCUT2D eigenvalue weighted by Gasteiger charge is 2.18. The maximum atomic E-state index is 8.71. The second-order valence-electron chi connectivity index (χ2n) is 2.83. The van der Waals surface area contributed by atoms with Gasteiger partial charge in [-0.25, -0.2) is 0 Å². The highest BCUT2D eigenvalue weighted by Crippen LogP contribution is 2.15. The Hall–Kier alpha value is -0.750. The lowest BCUT2D eigenvalue weighted by Gasteiger charge is -2.22. The lowest BCUT2D eigenvalue weighted by atomic mass is 10.2. The second-order valence-corrected chi connectivity index (χ2v) is 2.83. The van der Waals surface area contributed by atoms with Gasteiger partial charge in [0.15, 0.2) is 6.19 Å². The van der Waals surface area contributed by atoms with E-state index in [0.29, 0.717) is 0 Å². The van der Waals surface area contributed by atoms with E-state index < -0.39 is 0 Å². The van der Waals surface area contributed by atoms with Crippen molar-refractivity contribution in [1.29, 1.82) is 5.26 Å². The first kappa shape index (κ1) is 8.35.